The van der Waals surface area contributed by atoms with Gasteiger partial charge in [0.15, 0.2) is 0 Å². The highest BCUT2D eigenvalue weighted by atomic mass is 35.5. The number of halogens is 1. The Morgan fingerprint density at radius 1 is 1.42 bits per heavy atom. The number of hydrogen-bond acceptors (Lipinski definition) is 1. The zero-order chi connectivity index (χ0) is 9.56. The molecule has 3 heteroatoms. The predicted octanol–water partition coefficient (Wildman–Crippen LogP) is 2.17. The van der Waals surface area contributed by atoms with Crippen LogP contribution in [-0.4, -0.2) is 17.8 Å². The Balaban J connectivity index is 3.54. The Bertz CT molecular complexity index is 136. The molecule has 0 rings (SSSR count). The second-order valence-corrected chi connectivity index (χ2v) is 3.92. The molecule has 1 amide bonds. The lowest BCUT2D eigenvalue weighted by Crippen LogP contribution is -2.33. The molecule has 1 atom stereocenters. The fraction of sp³-hybridized carbons (Fsp3) is 0.889. The molecule has 0 fully saturated rings. The van der Waals surface area contributed by atoms with Crippen molar-refractivity contribution in [2.24, 2.45) is 5.92 Å². The summed E-state index contributed by atoms with van der Waals surface area (Å²) in [4.78, 5) is 11.0. The summed E-state index contributed by atoms with van der Waals surface area (Å²) in [5, 5.41) is 2.89. The minimum atomic E-state index is 0.0538. The molecule has 1 N–H and O–H groups in total. The number of nitrogens with one attached hydrogen (secondary N) is 1. The van der Waals surface area contributed by atoms with Crippen molar-refractivity contribution in [3.8, 4) is 0 Å². The van der Waals surface area contributed by atoms with Crippen LogP contribution in [0.1, 0.15) is 33.6 Å². The van der Waals surface area contributed by atoms with E-state index in [0.29, 0.717) is 18.2 Å². The van der Waals surface area contributed by atoms with E-state index in [1.165, 1.54) is 0 Å². The van der Waals surface area contributed by atoms with Crippen LogP contribution in [0, 0.1) is 5.92 Å². The van der Waals surface area contributed by atoms with Crippen LogP contribution in [0.2, 0.25) is 0 Å². The first-order chi connectivity index (χ1) is 5.56. The summed E-state index contributed by atoms with van der Waals surface area (Å²) >= 11 is 5.42. The van der Waals surface area contributed by atoms with Crippen LogP contribution in [0.3, 0.4) is 0 Å². The minimum absolute atomic E-state index is 0.0538. The van der Waals surface area contributed by atoms with Gasteiger partial charge < -0.3 is 5.32 Å². The Morgan fingerprint density at radius 3 is 2.42 bits per heavy atom. The smallest absolute Gasteiger partial charge is 0.221 e. The van der Waals surface area contributed by atoms with Gasteiger partial charge in [0.05, 0.1) is 0 Å². The number of alkyl halides is 1. The fourth-order valence-electron chi connectivity index (χ4n) is 1.20. The second-order valence-electron chi connectivity index (χ2n) is 3.54. The molecule has 0 aliphatic heterocycles. The molecule has 0 aromatic rings. The first kappa shape index (κ1) is 11.8. The third-order valence-corrected chi connectivity index (χ3v) is 1.74. The number of hydrogen-bond donors (Lipinski definition) is 1. The van der Waals surface area contributed by atoms with E-state index in [-0.39, 0.29) is 11.9 Å². The molecule has 12 heavy (non-hydrogen) atoms. The maximum Gasteiger partial charge on any atom is 0.221 e. The molecule has 0 bridgehead atoms. The molecule has 0 aromatic carbocycles. The third-order valence-electron chi connectivity index (χ3n) is 1.55. The Hall–Kier alpha value is -0.240. The van der Waals surface area contributed by atoms with E-state index in [4.69, 9.17) is 11.6 Å². The van der Waals surface area contributed by atoms with E-state index in [1.54, 1.807) is 0 Å². The highest BCUT2D eigenvalue weighted by Gasteiger charge is 2.07. The van der Waals surface area contributed by atoms with Crippen LogP contribution in [0.5, 0.6) is 0 Å². The van der Waals surface area contributed by atoms with Gasteiger partial charge in [-0.2, -0.15) is 0 Å². The van der Waals surface area contributed by atoms with E-state index in [1.807, 2.05) is 6.92 Å². The monoisotopic (exact) mass is 191 g/mol. The maximum absolute atomic E-state index is 11.0. The summed E-state index contributed by atoms with van der Waals surface area (Å²) in [7, 11) is 0. The Kier molecular flexibility index (Phi) is 6.17. The highest BCUT2D eigenvalue weighted by molar-refractivity contribution is 6.18. The molecule has 0 aliphatic carbocycles. The largest absolute Gasteiger partial charge is 0.354 e. The van der Waals surface area contributed by atoms with Crippen LogP contribution in [-0.2, 0) is 4.79 Å². The Labute approximate surface area is 79.7 Å². The quantitative estimate of drug-likeness (QED) is 0.664. The van der Waals surface area contributed by atoms with E-state index in [2.05, 4.69) is 19.2 Å². The molecule has 0 spiro atoms. The van der Waals surface area contributed by atoms with Crippen LogP contribution in [0.4, 0.5) is 0 Å². The van der Waals surface area contributed by atoms with Crippen molar-refractivity contribution in [2.45, 2.75) is 39.7 Å². The lowest BCUT2D eigenvalue weighted by Gasteiger charge is -2.15. The van der Waals surface area contributed by atoms with Gasteiger partial charge in [0, 0.05) is 18.3 Å². The Morgan fingerprint density at radius 2 is 2.00 bits per heavy atom. The fourth-order valence-corrected chi connectivity index (χ4v) is 1.37. The maximum atomic E-state index is 11.0. The van der Waals surface area contributed by atoms with Gasteiger partial charge >= 0.3 is 0 Å². The topological polar surface area (TPSA) is 29.1 Å². The lowest BCUT2D eigenvalue weighted by atomic mass is 10.1. The number of rotatable bonds is 5. The van der Waals surface area contributed by atoms with Crippen molar-refractivity contribution in [2.75, 3.05) is 5.88 Å². The SMILES string of the molecule is CC(C)C[C@H](C)NC(=O)CCCl. The van der Waals surface area contributed by atoms with E-state index < -0.39 is 0 Å². The van der Waals surface area contributed by atoms with Gasteiger partial charge in [0.25, 0.3) is 0 Å². The van der Waals surface area contributed by atoms with Gasteiger partial charge in [0.2, 0.25) is 5.91 Å². The number of amides is 1. The van der Waals surface area contributed by atoms with Crippen molar-refractivity contribution in [3.05, 3.63) is 0 Å². The van der Waals surface area contributed by atoms with Crippen LogP contribution in [0.25, 0.3) is 0 Å². The van der Waals surface area contributed by atoms with E-state index in [9.17, 15) is 4.79 Å². The summed E-state index contributed by atoms with van der Waals surface area (Å²) in [5.74, 6) is 1.08. The van der Waals surface area contributed by atoms with Crippen LogP contribution >= 0.6 is 11.6 Å². The van der Waals surface area contributed by atoms with Crippen molar-refractivity contribution in [1.29, 1.82) is 0 Å². The molecular formula is C9H18ClNO. The van der Waals surface area contributed by atoms with Gasteiger partial charge in [-0.1, -0.05) is 13.8 Å². The van der Waals surface area contributed by atoms with E-state index >= 15 is 0 Å². The number of carbonyl (C=O) groups excluding carboxylic acids is 1. The molecule has 0 radical (unpaired) electrons. The number of carbonyl (C=O) groups is 1. The van der Waals surface area contributed by atoms with Crippen molar-refractivity contribution < 1.29 is 4.79 Å². The molecule has 0 saturated carbocycles. The zero-order valence-electron chi connectivity index (χ0n) is 8.06. The lowest BCUT2D eigenvalue weighted by molar-refractivity contribution is -0.121. The van der Waals surface area contributed by atoms with E-state index in [0.717, 1.165) is 6.42 Å². The van der Waals surface area contributed by atoms with Crippen LogP contribution < -0.4 is 5.32 Å². The zero-order valence-corrected chi connectivity index (χ0v) is 8.82. The molecular weight excluding hydrogens is 174 g/mol. The first-order valence-electron chi connectivity index (χ1n) is 4.41. The third kappa shape index (κ3) is 6.47. The molecule has 0 heterocycles. The first-order valence-corrected chi connectivity index (χ1v) is 4.95. The molecule has 0 saturated heterocycles. The summed E-state index contributed by atoms with van der Waals surface area (Å²) in [6.45, 7) is 6.31. The van der Waals surface area contributed by atoms with Gasteiger partial charge in [-0.25, -0.2) is 0 Å². The second kappa shape index (κ2) is 6.30. The summed E-state index contributed by atoms with van der Waals surface area (Å²) in [5.41, 5.74) is 0. The van der Waals surface area contributed by atoms with Crippen molar-refractivity contribution >= 4 is 17.5 Å². The summed E-state index contributed by atoms with van der Waals surface area (Å²) in [6, 6.07) is 0.265. The predicted molar refractivity (Wildman–Crippen MR) is 52.4 cm³/mol. The minimum Gasteiger partial charge on any atom is -0.354 e. The van der Waals surface area contributed by atoms with Crippen molar-refractivity contribution in [1.82, 2.24) is 5.32 Å². The van der Waals surface area contributed by atoms with Gasteiger partial charge in [-0.3, -0.25) is 4.79 Å². The molecule has 0 unspecified atom stereocenters. The van der Waals surface area contributed by atoms with Crippen molar-refractivity contribution in [3.63, 3.8) is 0 Å². The normalized spacial score (nSPS) is 13.1. The summed E-state index contributed by atoms with van der Waals surface area (Å²) in [6.07, 6.45) is 1.44. The van der Waals surface area contributed by atoms with Crippen LogP contribution in [0.15, 0.2) is 0 Å². The molecule has 72 valence electrons. The van der Waals surface area contributed by atoms with Gasteiger partial charge in [-0.05, 0) is 19.3 Å². The average molecular weight is 192 g/mol. The highest BCUT2D eigenvalue weighted by Crippen LogP contribution is 2.03. The molecule has 0 aliphatic rings. The summed E-state index contributed by atoms with van der Waals surface area (Å²) < 4.78 is 0. The van der Waals surface area contributed by atoms with Gasteiger partial charge in [-0.15, -0.1) is 11.6 Å². The molecule has 2 nitrogen and oxygen atoms in total. The van der Waals surface area contributed by atoms with Gasteiger partial charge in [0.1, 0.15) is 0 Å². The molecule has 0 aromatic heterocycles. The average Bonchev–Trinajstić information content (AvgIpc) is 1.84. The standard InChI is InChI=1S/C9H18ClNO/c1-7(2)6-8(3)11-9(12)4-5-10/h7-8H,4-6H2,1-3H3,(H,11,12)/t8-/m0/s1.